The third-order valence-electron chi connectivity index (χ3n) is 1.70. The molecule has 0 heterocycles. The lowest BCUT2D eigenvalue weighted by Crippen LogP contribution is -2.06. The van der Waals surface area contributed by atoms with E-state index in [1.165, 1.54) is 0 Å². The molecule has 0 saturated carbocycles. The molecule has 10 heavy (non-hydrogen) atoms. The summed E-state index contributed by atoms with van der Waals surface area (Å²) in [5.41, 5.74) is 0. The zero-order valence-corrected chi connectivity index (χ0v) is 7.43. The van der Waals surface area contributed by atoms with Crippen molar-refractivity contribution in [1.29, 1.82) is 0 Å². The van der Waals surface area contributed by atoms with Gasteiger partial charge in [-0.05, 0) is 25.2 Å². The average molecular weight is 144 g/mol. The zero-order chi connectivity index (χ0) is 7.98. The van der Waals surface area contributed by atoms with Gasteiger partial charge in [0.2, 0.25) is 0 Å². The van der Waals surface area contributed by atoms with Gasteiger partial charge in [0.05, 0.1) is 6.10 Å². The second-order valence-electron chi connectivity index (χ2n) is 3.41. The van der Waals surface area contributed by atoms with Crippen LogP contribution in [0.2, 0.25) is 0 Å². The molecule has 0 bridgehead atoms. The quantitative estimate of drug-likeness (QED) is 0.628. The molecule has 0 radical (unpaired) electrons. The van der Waals surface area contributed by atoms with E-state index in [-0.39, 0.29) is 6.10 Å². The minimum Gasteiger partial charge on any atom is -0.393 e. The molecule has 0 aromatic rings. The summed E-state index contributed by atoms with van der Waals surface area (Å²) in [5, 5.41) is 9.30. The largest absolute Gasteiger partial charge is 0.393 e. The van der Waals surface area contributed by atoms with Crippen molar-refractivity contribution in [2.24, 2.45) is 5.92 Å². The monoisotopic (exact) mass is 144 g/mol. The molecule has 0 saturated heterocycles. The lowest BCUT2D eigenvalue weighted by molar-refractivity contribution is 0.146. The Bertz CT molecular complexity index is 69.1. The first kappa shape index (κ1) is 9.96. The van der Waals surface area contributed by atoms with Crippen LogP contribution in [0.1, 0.15) is 46.5 Å². The van der Waals surface area contributed by atoms with Gasteiger partial charge in [0, 0.05) is 0 Å². The molecule has 0 amide bonds. The van der Waals surface area contributed by atoms with Crippen LogP contribution in [0.3, 0.4) is 0 Å². The van der Waals surface area contributed by atoms with Crippen molar-refractivity contribution in [3.05, 3.63) is 0 Å². The van der Waals surface area contributed by atoms with Gasteiger partial charge in [-0.3, -0.25) is 0 Å². The summed E-state index contributed by atoms with van der Waals surface area (Å²) < 4.78 is 0. The highest BCUT2D eigenvalue weighted by Gasteiger charge is 2.02. The lowest BCUT2D eigenvalue weighted by atomic mass is 10.0. The molecule has 1 unspecified atom stereocenters. The predicted octanol–water partition coefficient (Wildman–Crippen LogP) is 2.58. The van der Waals surface area contributed by atoms with Gasteiger partial charge in [-0.1, -0.05) is 27.2 Å². The van der Waals surface area contributed by atoms with Crippen LogP contribution in [0.5, 0.6) is 0 Å². The maximum absolute atomic E-state index is 9.30. The summed E-state index contributed by atoms with van der Waals surface area (Å²) in [4.78, 5) is 0. The van der Waals surface area contributed by atoms with Crippen molar-refractivity contribution in [2.75, 3.05) is 0 Å². The Morgan fingerprint density at radius 1 is 1.10 bits per heavy atom. The Morgan fingerprint density at radius 2 is 1.70 bits per heavy atom. The summed E-state index contributed by atoms with van der Waals surface area (Å²) in [7, 11) is 0. The van der Waals surface area contributed by atoms with E-state index in [0.717, 1.165) is 31.6 Å². The maximum Gasteiger partial charge on any atom is 0.0540 e. The SMILES string of the molecule is CCCC(O)CCC(C)C. The van der Waals surface area contributed by atoms with Crippen LogP contribution in [-0.4, -0.2) is 11.2 Å². The number of rotatable bonds is 5. The Hall–Kier alpha value is -0.0400. The molecule has 0 aromatic heterocycles. The van der Waals surface area contributed by atoms with Crippen LogP contribution in [-0.2, 0) is 0 Å². The van der Waals surface area contributed by atoms with Crippen molar-refractivity contribution in [3.8, 4) is 0 Å². The lowest BCUT2D eigenvalue weighted by Gasteiger charge is -2.09. The highest BCUT2D eigenvalue weighted by Crippen LogP contribution is 2.09. The first-order valence-corrected chi connectivity index (χ1v) is 4.34. The van der Waals surface area contributed by atoms with Crippen LogP contribution in [0.25, 0.3) is 0 Å². The topological polar surface area (TPSA) is 20.2 Å². The molecule has 0 aliphatic rings. The molecule has 0 spiro atoms. The van der Waals surface area contributed by atoms with Crippen LogP contribution < -0.4 is 0 Å². The normalized spacial score (nSPS) is 14.1. The Kier molecular flexibility index (Phi) is 5.70. The highest BCUT2D eigenvalue weighted by atomic mass is 16.3. The van der Waals surface area contributed by atoms with Crippen LogP contribution in [0.15, 0.2) is 0 Å². The molecule has 62 valence electrons. The molecule has 1 N–H and O–H groups in total. The Balaban J connectivity index is 3.12. The molecule has 0 aliphatic carbocycles. The van der Waals surface area contributed by atoms with Gasteiger partial charge in [-0.2, -0.15) is 0 Å². The maximum atomic E-state index is 9.30. The van der Waals surface area contributed by atoms with E-state index < -0.39 is 0 Å². The molecule has 0 fully saturated rings. The zero-order valence-electron chi connectivity index (χ0n) is 7.43. The average Bonchev–Trinajstić information content (AvgIpc) is 1.85. The van der Waals surface area contributed by atoms with E-state index in [1.54, 1.807) is 0 Å². The van der Waals surface area contributed by atoms with E-state index in [1.807, 2.05) is 0 Å². The number of hydrogen-bond acceptors (Lipinski definition) is 1. The van der Waals surface area contributed by atoms with E-state index >= 15 is 0 Å². The fourth-order valence-electron chi connectivity index (χ4n) is 1.00. The number of aliphatic hydroxyl groups is 1. The van der Waals surface area contributed by atoms with Gasteiger partial charge >= 0.3 is 0 Å². The third-order valence-corrected chi connectivity index (χ3v) is 1.70. The minimum atomic E-state index is -0.0487. The number of aliphatic hydroxyl groups excluding tert-OH is 1. The summed E-state index contributed by atoms with van der Waals surface area (Å²) in [6.45, 7) is 6.50. The summed E-state index contributed by atoms with van der Waals surface area (Å²) in [6, 6.07) is 0. The molecule has 1 nitrogen and oxygen atoms in total. The van der Waals surface area contributed by atoms with Crippen LogP contribution in [0, 0.1) is 5.92 Å². The molecule has 0 aliphatic heterocycles. The van der Waals surface area contributed by atoms with Crippen molar-refractivity contribution in [2.45, 2.75) is 52.6 Å². The van der Waals surface area contributed by atoms with Crippen molar-refractivity contribution in [3.63, 3.8) is 0 Å². The molecular weight excluding hydrogens is 124 g/mol. The summed E-state index contributed by atoms with van der Waals surface area (Å²) in [6.07, 6.45) is 4.14. The first-order chi connectivity index (χ1) is 4.66. The highest BCUT2D eigenvalue weighted by molar-refractivity contribution is 4.56. The summed E-state index contributed by atoms with van der Waals surface area (Å²) in [5.74, 6) is 0.728. The van der Waals surface area contributed by atoms with Gasteiger partial charge in [0.15, 0.2) is 0 Å². The summed E-state index contributed by atoms with van der Waals surface area (Å²) >= 11 is 0. The van der Waals surface area contributed by atoms with E-state index in [9.17, 15) is 5.11 Å². The number of hydrogen-bond donors (Lipinski definition) is 1. The van der Waals surface area contributed by atoms with Crippen LogP contribution in [0.4, 0.5) is 0 Å². The van der Waals surface area contributed by atoms with Gasteiger partial charge < -0.3 is 5.11 Å². The molecule has 1 atom stereocenters. The van der Waals surface area contributed by atoms with Gasteiger partial charge in [0.25, 0.3) is 0 Å². The van der Waals surface area contributed by atoms with E-state index in [2.05, 4.69) is 20.8 Å². The van der Waals surface area contributed by atoms with Gasteiger partial charge in [-0.25, -0.2) is 0 Å². The van der Waals surface area contributed by atoms with Gasteiger partial charge in [0.1, 0.15) is 0 Å². The molecular formula is C9H20O. The fraction of sp³-hybridized carbons (Fsp3) is 1.00. The fourth-order valence-corrected chi connectivity index (χ4v) is 1.00. The molecule has 1 heteroatoms. The minimum absolute atomic E-state index is 0.0487. The Labute approximate surface area is 64.5 Å². The first-order valence-electron chi connectivity index (χ1n) is 4.34. The standard InChI is InChI=1S/C9H20O/c1-4-5-9(10)7-6-8(2)3/h8-10H,4-7H2,1-3H3. The van der Waals surface area contributed by atoms with Crippen molar-refractivity contribution < 1.29 is 5.11 Å². The smallest absolute Gasteiger partial charge is 0.0540 e. The Morgan fingerprint density at radius 3 is 2.10 bits per heavy atom. The van der Waals surface area contributed by atoms with E-state index in [0.29, 0.717) is 0 Å². The predicted molar refractivity (Wildman–Crippen MR) is 45.0 cm³/mol. The second kappa shape index (κ2) is 5.72. The molecule has 0 rings (SSSR count). The van der Waals surface area contributed by atoms with Crippen molar-refractivity contribution in [1.82, 2.24) is 0 Å². The second-order valence-corrected chi connectivity index (χ2v) is 3.41. The van der Waals surface area contributed by atoms with Crippen LogP contribution >= 0.6 is 0 Å². The van der Waals surface area contributed by atoms with E-state index in [4.69, 9.17) is 0 Å². The molecule has 0 aromatic carbocycles. The van der Waals surface area contributed by atoms with Crippen molar-refractivity contribution >= 4 is 0 Å². The third kappa shape index (κ3) is 6.09. The van der Waals surface area contributed by atoms with Gasteiger partial charge in [-0.15, -0.1) is 0 Å².